The predicted molar refractivity (Wildman–Crippen MR) is 57.8 cm³/mol. The van der Waals surface area contributed by atoms with Crippen LogP contribution in [0.2, 0.25) is 0 Å². The van der Waals surface area contributed by atoms with Gasteiger partial charge in [-0.3, -0.25) is 4.79 Å². The van der Waals surface area contributed by atoms with Gasteiger partial charge in [0.15, 0.2) is 0 Å². The molecule has 4 N–H and O–H groups in total. The molecule has 0 bridgehead atoms. The molecule has 0 radical (unpaired) electrons. The van der Waals surface area contributed by atoms with Gasteiger partial charge in [-0.1, -0.05) is 0 Å². The minimum absolute atomic E-state index is 0.0781. The Morgan fingerprint density at radius 2 is 2.53 bits per heavy atom. The lowest BCUT2D eigenvalue weighted by Crippen LogP contribution is -2.28. The van der Waals surface area contributed by atoms with Gasteiger partial charge in [-0.25, -0.2) is 4.98 Å². The summed E-state index contributed by atoms with van der Waals surface area (Å²) in [4.78, 5) is 17.4. The van der Waals surface area contributed by atoms with Crippen LogP contribution in [0.5, 0.6) is 0 Å². The van der Waals surface area contributed by atoms with Crippen LogP contribution >= 0.6 is 0 Å². The first kappa shape index (κ1) is 11.7. The zero-order valence-electron chi connectivity index (χ0n) is 8.69. The summed E-state index contributed by atoms with van der Waals surface area (Å²) < 4.78 is 5.03. The number of nitrogens with zero attached hydrogens (tertiary/aromatic N) is 1. The molecular weight excluding hydrogens is 196 g/mol. The number of hydrogen-bond acceptors (Lipinski definition) is 5. The van der Waals surface area contributed by atoms with Gasteiger partial charge >= 0.3 is 0 Å². The standard InChI is InChI=1S/C9H16N4O2/c1-15-5-7(2-3-10)13-8-4-9(14)12-6-11-8/h4,6-7H,2-3,5,10H2,1H3,(H2,11,12,13,14). The lowest BCUT2D eigenvalue weighted by Gasteiger charge is -2.17. The SMILES string of the molecule is COCC(CCN)Nc1cc(=O)[nH]cn1. The molecule has 15 heavy (non-hydrogen) atoms. The van der Waals surface area contributed by atoms with E-state index in [0.717, 1.165) is 6.42 Å². The molecule has 0 saturated carbocycles. The van der Waals surface area contributed by atoms with Gasteiger partial charge in [0.1, 0.15) is 5.82 Å². The summed E-state index contributed by atoms with van der Waals surface area (Å²) in [6.07, 6.45) is 2.12. The number of aromatic amines is 1. The van der Waals surface area contributed by atoms with E-state index >= 15 is 0 Å². The van der Waals surface area contributed by atoms with Crippen LogP contribution in [-0.2, 0) is 4.74 Å². The lowest BCUT2D eigenvalue weighted by atomic mass is 10.2. The molecule has 6 heteroatoms. The van der Waals surface area contributed by atoms with Crippen LogP contribution in [0.4, 0.5) is 5.82 Å². The highest BCUT2D eigenvalue weighted by atomic mass is 16.5. The van der Waals surface area contributed by atoms with Gasteiger partial charge in [-0.05, 0) is 13.0 Å². The molecule has 0 amide bonds. The lowest BCUT2D eigenvalue weighted by molar-refractivity contribution is 0.183. The molecule has 0 aliphatic carbocycles. The van der Waals surface area contributed by atoms with Gasteiger partial charge in [-0.2, -0.15) is 0 Å². The second kappa shape index (κ2) is 6.15. The van der Waals surface area contributed by atoms with Crippen molar-refractivity contribution in [3.8, 4) is 0 Å². The number of nitrogens with two attached hydrogens (primary N) is 1. The van der Waals surface area contributed by atoms with Crippen molar-refractivity contribution in [2.24, 2.45) is 5.73 Å². The first-order valence-electron chi connectivity index (χ1n) is 4.76. The van der Waals surface area contributed by atoms with Gasteiger partial charge in [0.2, 0.25) is 0 Å². The first-order chi connectivity index (χ1) is 7.26. The second-order valence-electron chi connectivity index (χ2n) is 3.17. The van der Waals surface area contributed by atoms with Crippen molar-refractivity contribution in [1.29, 1.82) is 0 Å². The molecular formula is C9H16N4O2. The van der Waals surface area contributed by atoms with E-state index in [1.165, 1.54) is 12.4 Å². The van der Waals surface area contributed by atoms with Crippen LogP contribution in [0.1, 0.15) is 6.42 Å². The van der Waals surface area contributed by atoms with E-state index in [-0.39, 0.29) is 11.6 Å². The molecule has 0 aliphatic rings. The summed E-state index contributed by atoms with van der Waals surface area (Å²) in [5, 5.41) is 3.09. The largest absolute Gasteiger partial charge is 0.383 e. The Hall–Kier alpha value is -1.40. The molecule has 0 spiro atoms. The zero-order chi connectivity index (χ0) is 11.1. The zero-order valence-corrected chi connectivity index (χ0v) is 8.69. The average molecular weight is 212 g/mol. The van der Waals surface area contributed by atoms with Crippen LogP contribution in [-0.4, -0.2) is 36.3 Å². The van der Waals surface area contributed by atoms with Crippen molar-refractivity contribution in [3.63, 3.8) is 0 Å². The molecule has 1 aromatic heterocycles. The summed E-state index contributed by atoms with van der Waals surface area (Å²) in [5.41, 5.74) is 5.28. The van der Waals surface area contributed by atoms with E-state index in [9.17, 15) is 4.79 Å². The summed E-state index contributed by atoms with van der Waals surface area (Å²) >= 11 is 0. The Kier molecular flexibility index (Phi) is 4.79. The molecule has 1 rings (SSSR count). The molecule has 0 fully saturated rings. The van der Waals surface area contributed by atoms with Gasteiger partial charge in [-0.15, -0.1) is 0 Å². The number of anilines is 1. The summed E-state index contributed by atoms with van der Waals surface area (Å²) in [5.74, 6) is 0.536. The Balaban J connectivity index is 2.60. The molecule has 6 nitrogen and oxygen atoms in total. The normalized spacial score (nSPS) is 12.4. The number of nitrogens with one attached hydrogen (secondary N) is 2. The fourth-order valence-electron chi connectivity index (χ4n) is 1.26. The van der Waals surface area contributed by atoms with Gasteiger partial charge < -0.3 is 20.8 Å². The molecule has 1 unspecified atom stereocenters. The molecule has 1 atom stereocenters. The maximum absolute atomic E-state index is 11.0. The van der Waals surface area contributed by atoms with Crippen molar-refractivity contribution < 1.29 is 4.74 Å². The third kappa shape index (κ3) is 4.09. The second-order valence-corrected chi connectivity index (χ2v) is 3.17. The summed E-state index contributed by atoms with van der Waals surface area (Å²) in [6, 6.07) is 1.48. The quantitative estimate of drug-likeness (QED) is 0.593. The van der Waals surface area contributed by atoms with Crippen LogP contribution < -0.4 is 16.6 Å². The maximum atomic E-state index is 11.0. The van der Waals surface area contributed by atoms with Crippen molar-refractivity contribution in [3.05, 3.63) is 22.7 Å². The fraction of sp³-hybridized carbons (Fsp3) is 0.556. The van der Waals surface area contributed by atoms with Crippen LogP contribution in [0, 0.1) is 0 Å². The number of methoxy groups -OCH3 is 1. The molecule has 0 aliphatic heterocycles. The molecule has 1 aromatic rings. The Labute approximate surface area is 87.9 Å². The Morgan fingerprint density at radius 1 is 1.73 bits per heavy atom. The average Bonchev–Trinajstić information content (AvgIpc) is 2.18. The van der Waals surface area contributed by atoms with Gasteiger partial charge in [0, 0.05) is 13.2 Å². The predicted octanol–water partition coefficient (Wildman–Crippen LogP) is -0.454. The molecule has 0 aromatic carbocycles. The fourth-order valence-corrected chi connectivity index (χ4v) is 1.26. The summed E-state index contributed by atoms with van der Waals surface area (Å²) in [7, 11) is 1.62. The number of aromatic nitrogens is 2. The van der Waals surface area contributed by atoms with Crippen LogP contribution in [0.25, 0.3) is 0 Å². The Morgan fingerprint density at radius 3 is 3.13 bits per heavy atom. The van der Waals surface area contributed by atoms with Crippen LogP contribution in [0.3, 0.4) is 0 Å². The molecule has 0 saturated heterocycles. The maximum Gasteiger partial charge on any atom is 0.252 e. The van der Waals surface area contributed by atoms with Crippen molar-refractivity contribution >= 4 is 5.82 Å². The van der Waals surface area contributed by atoms with E-state index < -0.39 is 0 Å². The highest BCUT2D eigenvalue weighted by molar-refractivity contribution is 5.32. The molecule has 1 heterocycles. The smallest absolute Gasteiger partial charge is 0.252 e. The minimum Gasteiger partial charge on any atom is -0.383 e. The van der Waals surface area contributed by atoms with E-state index in [2.05, 4.69) is 15.3 Å². The van der Waals surface area contributed by atoms with E-state index in [0.29, 0.717) is 19.0 Å². The third-order valence-electron chi connectivity index (χ3n) is 1.91. The van der Waals surface area contributed by atoms with Gasteiger partial charge in [0.25, 0.3) is 5.56 Å². The van der Waals surface area contributed by atoms with Crippen molar-refractivity contribution in [2.45, 2.75) is 12.5 Å². The van der Waals surface area contributed by atoms with E-state index in [4.69, 9.17) is 10.5 Å². The van der Waals surface area contributed by atoms with Crippen molar-refractivity contribution in [1.82, 2.24) is 9.97 Å². The number of hydrogen-bond donors (Lipinski definition) is 3. The van der Waals surface area contributed by atoms with Crippen molar-refractivity contribution in [2.75, 3.05) is 25.6 Å². The highest BCUT2D eigenvalue weighted by Crippen LogP contribution is 2.02. The van der Waals surface area contributed by atoms with E-state index in [1.54, 1.807) is 7.11 Å². The van der Waals surface area contributed by atoms with Gasteiger partial charge in [0.05, 0.1) is 19.0 Å². The topological polar surface area (TPSA) is 93.0 Å². The minimum atomic E-state index is -0.184. The Bertz CT molecular complexity index is 333. The number of ether oxygens (including phenoxy) is 1. The number of H-pyrrole nitrogens is 1. The molecule has 84 valence electrons. The first-order valence-corrected chi connectivity index (χ1v) is 4.76. The highest BCUT2D eigenvalue weighted by Gasteiger charge is 2.07. The van der Waals surface area contributed by atoms with E-state index in [1.807, 2.05) is 0 Å². The monoisotopic (exact) mass is 212 g/mol. The summed E-state index contributed by atoms with van der Waals surface area (Å²) in [6.45, 7) is 1.09. The third-order valence-corrected chi connectivity index (χ3v) is 1.91. The number of rotatable bonds is 6. The van der Waals surface area contributed by atoms with Crippen LogP contribution in [0.15, 0.2) is 17.2 Å².